The molecule has 8 heteroatoms. The van der Waals surface area contributed by atoms with Crippen LogP contribution in [0.1, 0.15) is 11.5 Å². The third kappa shape index (κ3) is 1.58. The molecule has 6 nitrogen and oxygen atoms in total. The number of thioether (sulfide) groups is 2. The smallest absolute Gasteiger partial charge is 0.353 e. The van der Waals surface area contributed by atoms with Crippen molar-refractivity contribution in [1.29, 1.82) is 0 Å². The van der Waals surface area contributed by atoms with E-state index in [1.54, 1.807) is 17.8 Å². The Morgan fingerprint density at radius 2 is 2.40 bits per heavy atom. The number of nitrogens with zero attached hydrogens (tertiary/aromatic N) is 3. The molecule has 1 atom stereocenters. The van der Waals surface area contributed by atoms with Gasteiger partial charge in [-0.05, 0) is 6.08 Å². The Kier molecular flexibility index (Phi) is 2.52. The molecule has 3 aliphatic heterocycles. The number of fused-ring (bicyclic) bond motifs is 2. The second-order valence-electron chi connectivity index (χ2n) is 4.60. The zero-order chi connectivity index (χ0) is 13.9. The molecule has 0 unspecified atom stereocenters. The third-order valence-electron chi connectivity index (χ3n) is 3.40. The lowest BCUT2D eigenvalue weighted by Gasteiger charge is -2.36. The summed E-state index contributed by atoms with van der Waals surface area (Å²) in [5.41, 5.74) is 1.45. The van der Waals surface area contributed by atoms with Crippen LogP contribution < -0.4 is 0 Å². The summed E-state index contributed by atoms with van der Waals surface area (Å²) in [6, 6.07) is 0. The molecule has 1 N–H and O–H groups in total. The minimum Gasteiger partial charge on any atom is -0.477 e. The van der Waals surface area contributed by atoms with Gasteiger partial charge >= 0.3 is 5.97 Å². The number of carboxylic acids is 1. The predicted molar refractivity (Wildman–Crippen MR) is 75.4 cm³/mol. The summed E-state index contributed by atoms with van der Waals surface area (Å²) in [4.78, 5) is 28.8. The number of aromatic nitrogens is 2. The summed E-state index contributed by atoms with van der Waals surface area (Å²) in [6.07, 6.45) is 3.70. The number of carboxylic acid groups (broad SMARTS) is 1. The van der Waals surface area contributed by atoms with Crippen molar-refractivity contribution < 1.29 is 14.7 Å². The lowest BCUT2D eigenvalue weighted by molar-refractivity contribution is -0.141. The highest BCUT2D eigenvalue weighted by molar-refractivity contribution is 8.03. The van der Waals surface area contributed by atoms with Crippen LogP contribution in [0, 0.1) is 0 Å². The first-order chi connectivity index (χ1) is 9.65. The van der Waals surface area contributed by atoms with Gasteiger partial charge in [-0.2, -0.15) is 0 Å². The number of carbonyl (C=O) groups excluding carboxylic acids is 1. The van der Waals surface area contributed by atoms with E-state index in [1.807, 2.05) is 6.20 Å². The number of hydrogen-bond acceptors (Lipinski definition) is 5. The van der Waals surface area contributed by atoms with E-state index in [1.165, 1.54) is 22.1 Å². The van der Waals surface area contributed by atoms with Gasteiger partial charge in [-0.1, -0.05) is 0 Å². The van der Waals surface area contributed by atoms with E-state index in [0.29, 0.717) is 5.57 Å². The molecule has 102 valence electrons. The van der Waals surface area contributed by atoms with Crippen LogP contribution in [0.3, 0.4) is 0 Å². The number of hydrogen-bond donors (Lipinski definition) is 1. The first-order valence-corrected chi connectivity index (χ1v) is 8.03. The average Bonchev–Trinajstić information content (AvgIpc) is 3.07. The van der Waals surface area contributed by atoms with E-state index in [0.717, 1.165) is 23.1 Å². The predicted octanol–water partition coefficient (Wildman–Crippen LogP) is 1.31. The first kappa shape index (κ1) is 12.1. The Morgan fingerprint density at radius 3 is 3.15 bits per heavy atom. The average molecular weight is 307 g/mol. The Morgan fingerprint density at radius 1 is 1.55 bits per heavy atom. The van der Waals surface area contributed by atoms with Crippen molar-refractivity contribution in [2.75, 3.05) is 0 Å². The molecule has 0 saturated carbocycles. The molecule has 4 rings (SSSR count). The number of rotatable bonds is 2. The van der Waals surface area contributed by atoms with Crippen LogP contribution in [0.4, 0.5) is 0 Å². The molecule has 1 fully saturated rings. The van der Waals surface area contributed by atoms with Gasteiger partial charge in [0.25, 0.3) is 5.91 Å². The highest BCUT2D eigenvalue weighted by Gasteiger charge is 2.49. The van der Waals surface area contributed by atoms with Gasteiger partial charge in [-0.15, -0.1) is 23.5 Å². The van der Waals surface area contributed by atoms with Crippen molar-refractivity contribution in [3.63, 3.8) is 0 Å². The van der Waals surface area contributed by atoms with Gasteiger partial charge in [0, 0.05) is 11.6 Å². The number of β-lactam (4-membered cyclic amide) rings is 1. The molecule has 0 bridgehead atoms. The molecule has 20 heavy (non-hydrogen) atoms. The SMILES string of the molecule is O=C(O)C1=CS[C@@H]2/C(=C\c3cn4c(n3)CSC4)C(=O)N12. The van der Waals surface area contributed by atoms with Crippen LogP contribution >= 0.6 is 23.5 Å². The van der Waals surface area contributed by atoms with Crippen LogP contribution in [-0.2, 0) is 21.2 Å². The Labute approximate surface area is 122 Å². The lowest BCUT2D eigenvalue weighted by atomic mass is 10.0. The fraction of sp³-hybridized carbons (Fsp3) is 0.250. The fourth-order valence-electron chi connectivity index (χ4n) is 2.43. The van der Waals surface area contributed by atoms with Gasteiger partial charge in [-0.25, -0.2) is 9.78 Å². The van der Waals surface area contributed by atoms with Crippen molar-refractivity contribution in [3.05, 3.63) is 34.4 Å². The molecule has 4 heterocycles. The highest BCUT2D eigenvalue weighted by atomic mass is 32.2. The molecule has 1 saturated heterocycles. The minimum atomic E-state index is -1.06. The van der Waals surface area contributed by atoms with Gasteiger partial charge in [-0.3, -0.25) is 9.69 Å². The maximum absolute atomic E-state index is 12.0. The van der Waals surface area contributed by atoms with Crippen LogP contribution in [0.25, 0.3) is 6.08 Å². The number of amides is 1. The molecule has 0 aliphatic carbocycles. The van der Waals surface area contributed by atoms with Crippen LogP contribution in [-0.4, -0.2) is 36.8 Å². The van der Waals surface area contributed by atoms with Gasteiger partial charge in [0.05, 0.1) is 22.9 Å². The maximum Gasteiger partial charge on any atom is 0.353 e. The van der Waals surface area contributed by atoms with Gasteiger partial charge < -0.3 is 9.67 Å². The second kappa shape index (κ2) is 4.16. The van der Waals surface area contributed by atoms with Crippen LogP contribution in [0.15, 0.2) is 22.9 Å². The summed E-state index contributed by atoms with van der Waals surface area (Å²) >= 11 is 3.15. The van der Waals surface area contributed by atoms with Crippen LogP contribution in [0.5, 0.6) is 0 Å². The zero-order valence-electron chi connectivity index (χ0n) is 10.1. The Hall–Kier alpha value is -1.67. The molecular weight excluding hydrogens is 298 g/mol. The van der Waals surface area contributed by atoms with Gasteiger partial charge in [0.15, 0.2) is 0 Å². The maximum atomic E-state index is 12.0. The number of aliphatic carboxylic acids is 1. The van der Waals surface area contributed by atoms with Crippen molar-refractivity contribution in [1.82, 2.24) is 14.5 Å². The Bertz CT molecular complexity index is 685. The summed E-state index contributed by atoms with van der Waals surface area (Å²) in [6.45, 7) is 0. The van der Waals surface area contributed by atoms with Crippen molar-refractivity contribution >= 4 is 41.5 Å². The van der Waals surface area contributed by atoms with Gasteiger partial charge in [0.1, 0.15) is 16.9 Å². The van der Waals surface area contributed by atoms with E-state index in [9.17, 15) is 9.59 Å². The zero-order valence-corrected chi connectivity index (χ0v) is 11.8. The largest absolute Gasteiger partial charge is 0.477 e. The van der Waals surface area contributed by atoms with Crippen molar-refractivity contribution in [2.24, 2.45) is 0 Å². The molecule has 1 aromatic heterocycles. The van der Waals surface area contributed by atoms with E-state index >= 15 is 0 Å². The van der Waals surface area contributed by atoms with E-state index in [-0.39, 0.29) is 17.0 Å². The second-order valence-corrected chi connectivity index (χ2v) is 6.51. The number of carbonyl (C=O) groups is 2. The monoisotopic (exact) mass is 307 g/mol. The molecule has 1 amide bonds. The van der Waals surface area contributed by atoms with Crippen molar-refractivity contribution in [3.8, 4) is 0 Å². The normalized spacial score (nSPS) is 25.5. The topological polar surface area (TPSA) is 75.4 Å². The molecule has 0 aromatic carbocycles. The van der Waals surface area contributed by atoms with Crippen LogP contribution in [0.2, 0.25) is 0 Å². The summed E-state index contributed by atoms with van der Waals surface area (Å²) in [7, 11) is 0. The molecule has 1 aromatic rings. The first-order valence-electron chi connectivity index (χ1n) is 5.93. The summed E-state index contributed by atoms with van der Waals surface area (Å²) in [5.74, 6) is 1.51. The Balaban J connectivity index is 1.61. The number of imidazole rings is 1. The van der Waals surface area contributed by atoms with E-state index in [2.05, 4.69) is 9.55 Å². The molecular formula is C12H9N3O3S2. The van der Waals surface area contributed by atoms with E-state index < -0.39 is 5.97 Å². The summed E-state index contributed by atoms with van der Waals surface area (Å²) < 4.78 is 2.07. The standard InChI is InChI=1S/C12H9N3O3S2/c16-10-7(11-15(10)8(3-20-11)12(17)18)1-6-2-14-5-19-4-9(14)13-6/h1-3,11H,4-5H2,(H,17,18)/b7-1-/t11-/m1/s1. The third-order valence-corrected chi connectivity index (χ3v) is 5.40. The summed E-state index contributed by atoms with van der Waals surface area (Å²) in [5, 5.41) is 10.3. The molecule has 0 spiro atoms. The quantitative estimate of drug-likeness (QED) is 0.656. The molecule has 3 aliphatic rings. The lowest BCUT2D eigenvalue weighted by Crippen LogP contribution is -2.51. The highest BCUT2D eigenvalue weighted by Crippen LogP contribution is 2.45. The minimum absolute atomic E-state index is 0.0610. The van der Waals surface area contributed by atoms with E-state index in [4.69, 9.17) is 5.11 Å². The van der Waals surface area contributed by atoms with Gasteiger partial charge in [0.2, 0.25) is 0 Å². The fourth-order valence-corrected chi connectivity index (χ4v) is 4.48. The van der Waals surface area contributed by atoms with Crippen molar-refractivity contribution in [2.45, 2.75) is 17.0 Å². The molecule has 0 radical (unpaired) electrons.